The SMILES string of the molecule is O=C(O)C1(Cc2nc3cc(Cl)ccc3s2)CCCCCC1. The highest BCUT2D eigenvalue weighted by Crippen LogP contribution is 2.40. The summed E-state index contributed by atoms with van der Waals surface area (Å²) in [5.74, 6) is -0.665. The van der Waals surface area contributed by atoms with Crippen molar-refractivity contribution in [1.82, 2.24) is 4.98 Å². The van der Waals surface area contributed by atoms with Crippen molar-refractivity contribution in [2.24, 2.45) is 5.41 Å². The number of aliphatic carboxylic acids is 1. The van der Waals surface area contributed by atoms with E-state index < -0.39 is 11.4 Å². The Morgan fingerprint density at radius 1 is 1.29 bits per heavy atom. The zero-order valence-electron chi connectivity index (χ0n) is 11.8. The number of carboxylic acid groups (broad SMARTS) is 1. The van der Waals surface area contributed by atoms with E-state index in [4.69, 9.17) is 11.6 Å². The van der Waals surface area contributed by atoms with Crippen LogP contribution in [0.15, 0.2) is 18.2 Å². The first-order valence-corrected chi connectivity index (χ1v) is 8.57. The molecular weight excluding hydrogens is 306 g/mol. The summed E-state index contributed by atoms with van der Waals surface area (Å²) in [5.41, 5.74) is 0.241. The van der Waals surface area contributed by atoms with Crippen LogP contribution in [0.2, 0.25) is 5.02 Å². The summed E-state index contributed by atoms with van der Waals surface area (Å²) in [6, 6.07) is 5.65. The summed E-state index contributed by atoms with van der Waals surface area (Å²) in [6.45, 7) is 0. The zero-order chi connectivity index (χ0) is 14.9. The Hall–Kier alpha value is -1.13. The molecule has 3 rings (SSSR count). The van der Waals surface area contributed by atoms with Crippen molar-refractivity contribution in [3.05, 3.63) is 28.2 Å². The molecule has 0 saturated heterocycles. The number of carbonyl (C=O) groups is 1. The Labute approximate surface area is 133 Å². The summed E-state index contributed by atoms with van der Waals surface area (Å²) in [5, 5.41) is 11.3. The second-order valence-electron chi connectivity index (χ2n) is 5.90. The average Bonchev–Trinajstić information content (AvgIpc) is 2.67. The molecule has 0 radical (unpaired) electrons. The Kier molecular flexibility index (Phi) is 4.18. The first-order valence-electron chi connectivity index (χ1n) is 7.37. The molecule has 1 fully saturated rings. The van der Waals surface area contributed by atoms with Gasteiger partial charge in [0.25, 0.3) is 0 Å². The maximum atomic E-state index is 11.9. The quantitative estimate of drug-likeness (QED) is 0.816. The largest absolute Gasteiger partial charge is 0.481 e. The summed E-state index contributed by atoms with van der Waals surface area (Å²) in [4.78, 5) is 16.5. The van der Waals surface area contributed by atoms with E-state index in [-0.39, 0.29) is 0 Å². The molecule has 112 valence electrons. The molecule has 2 aromatic rings. The third-order valence-corrected chi connectivity index (χ3v) is 5.67. The van der Waals surface area contributed by atoms with Crippen molar-refractivity contribution < 1.29 is 9.90 Å². The van der Waals surface area contributed by atoms with Gasteiger partial charge in [-0.3, -0.25) is 4.79 Å². The topological polar surface area (TPSA) is 50.2 Å². The minimum Gasteiger partial charge on any atom is -0.481 e. The molecule has 3 nitrogen and oxygen atoms in total. The molecule has 1 heterocycles. The van der Waals surface area contributed by atoms with Crippen LogP contribution in [-0.2, 0) is 11.2 Å². The van der Waals surface area contributed by atoms with Gasteiger partial charge in [0.15, 0.2) is 0 Å². The van der Waals surface area contributed by atoms with Crippen LogP contribution in [0, 0.1) is 5.41 Å². The fourth-order valence-electron chi connectivity index (χ4n) is 3.18. The predicted molar refractivity (Wildman–Crippen MR) is 86.1 cm³/mol. The van der Waals surface area contributed by atoms with Crippen molar-refractivity contribution in [1.29, 1.82) is 0 Å². The van der Waals surface area contributed by atoms with Crippen LogP contribution in [0.4, 0.5) is 0 Å². The van der Waals surface area contributed by atoms with Gasteiger partial charge in [0.05, 0.1) is 20.6 Å². The number of benzene rings is 1. The number of carboxylic acids is 1. The van der Waals surface area contributed by atoms with Gasteiger partial charge in [0, 0.05) is 11.4 Å². The van der Waals surface area contributed by atoms with Gasteiger partial charge in [-0.2, -0.15) is 0 Å². The molecule has 0 atom stereocenters. The van der Waals surface area contributed by atoms with Crippen molar-refractivity contribution in [3.8, 4) is 0 Å². The Morgan fingerprint density at radius 2 is 2.00 bits per heavy atom. The molecule has 1 aliphatic carbocycles. The van der Waals surface area contributed by atoms with Gasteiger partial charge < -0.3 is 5.11 Å². The van der Waals surface area contributed by atoms with E-state index in [0.717, 1.165) is 53.7 Å². The van der Waals surface area contributed by atoms with E-state index in [2.05, 4.69) is 4.98 Å². The van der Waals surface area contributed by atoms with Crippen molar-refractivity contribution >= 4 is 39.1 Å². The number of aromatic nitrogens is 1. The Balaban J connectivity index is 1.91. The van der Waals surface area contributed by atoms with Crippen LogP contribution < -0.4 is 0 Å². The molecule has 1 N–H and O–H groups in total. The Morgan fingerprint density at radius 3 is 2.67 bits per heavy atom. The van der Waals surface area contributed by atoms with Crippen LogP contribution in [0.3, 0.4) is 0 Å². The van der Waals surface area contributed by atoms with E-state index in [1.54, 1.807) is 11.3 Å². The van der Waals surface area contributed by atoms with E-state index in [0.29, 0.717) is 11.4 Å². The predicted octanol–water partition coefficient (Wildman–Crippen LogP) is 4.92. The normalized spacial score (nSPS) is 18.5. The molecule has 0 unspecified atom stereocenters. The van der Waals surface area contributed by atoms with E-state index in [9.17, 15) is 9.90 Å². The molecule has 1 saturated carbocycles. The first kappa shape index (κ1) is 14.8. The molecular formula is C16H18ClNO2S. The number of hydrogen-bond acceptors (Lipinski definition) is 3. The van der Waals surface area contributed by atoms with Crippen molar-refractivity contribution in [2.75, 3.05) is 0 Å². The highest BCUT2D eigenvalue weighted by Gasteiger charge is 2.39. The maximum absolute atomic E-state index is 11.9. The lowest BCUT2D eigenvalue weighted by molar-refractivity contribution is -0.149. The van der Waals surface area contributed by atoms with E-state index in [1.807, 2.05) is 18.2 Å². The standard InChI is InChI=1S/C16H18ClNO2S/c17-11-5-6-13-12(9-11)18-14(21-13)10-16(15(19)20)7-3-1-2-4-8-16/h5-6,9H,1-4,7-8,10H2,(H,19,20). The number of thiazole rings is 1. The van der Waals surface area contributed by atoms with Crippen LogP contribution in [0.1, 0.15) is 43.5 Å². The van der Waals surface area contributed by atoms with Gasteiger partial charge in [-0.05, 0) is 31.0 Å². The van der Waals surface area contributed by atoms with E-state index >= 15 is 0 Å². The molecule has 0 bridgehead atoms. The van der Waals surface area contributed by atoms with Gasteiger partial charge in [-0.1, -0.05) is 37.3 Å². The van der Waals surface area contributed by atoms with Crippen LogP contribution in [0.5, 0.6) is 0 Å². The maximum Gasteiger partial charge on any atom is 0.310 e. The number of hydrogen-bond donors (Lipinski definition) is 1. The third-order valence-electron chi connectivity index (χ3n) is 4.40. The van der Waals surface area contributed by atoms with Crippen molar-refractivity contribution in [2.45, 2.75) is 44.9 Å². The van der Waals surface area contributed by atoms with Crippen LogP contribution in [-0.4, -0.2) is 16.1 Å². The summed E-state index contributed by atoms with van der Waals surface area (Å²) >= 11 is 7.58. The van der Waals surface area contributed by atoms with Gasteiger partial charge in [0.1, 0.15) is 0 Å². The lowest BCUT2D eigenvalue weighted by Gasteiger charge is -2.26. The molecule has 1 aromatic heterocycles. The zero-order valence-corrected chi connectivity index (χ0v) is 13.3. The van der Waals surface area contributed by atoms with Gasteiger partial charge in [-0.15, -0.1) is 11.3 Å². The molecule has 5 heteroatoms. The van der Waals surface area contributed by atoms with Gasteiger partial charge >= 0.3 is 5.97 Å². The van der Waals surface area contributed by atoms with Crippen molar-refractivity contribution in [3.63, 3.8) is 0 Å². The third kappa shape index (κ3) is 3.06. The fraction of sp³-hybridized carbons (Fsp3) is 0.500. The smallest absolute Gasteiger partial charge is 0.310 e. The second kappa shape index (κ2) is 5.93. The molecule has 1 aliphatic rings. The molecule has 0 amide bonds. The average molecular weight is 324 g/mol. The van der Waals surface area contributed by atoms with E-state index in [1.165, 1.54) is 0 Å². The molecule has 21 heavy (non-hydrogen) atoms. The van der Waals surface area contributed by atoms with Gasteiger partial charge in [0.2, 0.25) is 0 Å². The number of halogens is 1. The first-order chi connectivity index (χ1) is 10.1. The minimum atomic E-state index is -0.665. The highest BCUT2D eigenvalue weighted by atomic mass is 35.5. The lowest BCUT2D eigenvalue weighted by atomic mass is 9.78. The lowest BCUT2D eigenvalue weighted by Crippen LogP contribution is -2.32. The van der Waals surface area contributed by atoms with Crippen LogP contribution in [0.25, 0.3) is 10.2 Å². The number of fused-ring (bicyclic) bond motifs is 1. The highest BCUT2D eigenvalue weighted by molar-refractivity contribution is 7.18. The molecule has 0 aliphatic heterocycles. The number of nitrogens with zero attached hydrogens (tertiary/aromatic N) is 1. The van der Waals surface area contributed by atoms with Crippen LogP contribution >= 0.6 is 22.9 Å². The molecule has 1 aromatic carbocycles. The monoisotopic (exact) mass is 323 g/mol. The summed E-state index contributed by atoms with van der Waals surface area (Å²) in [6.07, 6.45) is 6.36. The Bertz CT molecular complexity index is 659. The number of rotatable bonds is 3. The second-order valence-corrected chi connectivity index (χ2v) is 7.45. The minimum absolute atomic E-state index is 0.541. The molecule has 0 spiro atoms. The summed E-state index contributed by atoms with van der Waals surface area (Å²) in [7, 11) is 0. The summed E-state index contributed by atoms with van der Waals surface area (Å²) < 4.78 is 1.07. The fourth-order valence-corrected chi connectivity index (χ4v) is 4.44. The van der Waals surface area contributed by atoms with Gasteiger partial charge in [-0.25, -0.2) is 4.98 Å².